The van der Waals surface area contributed by atoms with Crippen LogP contribution in [-0.4, -0.2) is 20.2 Å². The van der Waals surface area contributed by atoms with Crippen molar-refractivity contribution in [1.29, 1.82) is 0 Å². The summed E-state index contributed by atoms with van der Waals surface area (Å²) in [6.07, 6.45) is 0. The van der Waals surface area contributed by atoms with E-state index in [1.165, 1.54) is 0 Å². The third kappa shape index (κ3) is 2.41. The molecule has 0 spiro atoms. The van der Waals surface area contributed by atoms with Crippen LogP contribution in [0.15, 0.2) is 36.4 Å². The summed E-state index contributed by atoms with van der Waals surface area (Å²) < 4.78 is 1.57. The van der Waals surface area contributed by atoms with Gasteiger partial charge in [-0.25, -0.2) is 0 Å². The summed E-state index contributed by atoms with van der Waals surface area (Å²) in [5.74, 6) is 0.514. The first-order valence-electron chi connectivity index (χ1n) is 6.26. The van der Waals surface area contributed by atoms with Gasteiger partial charge in [-0.3, -0.25) is 0 Å². The molecule has 0 unspecified atom stereocenters. The Hall–Kier alpha value is -2.60. The Labute approximate surface area is 126 Å². The third-order valence-electron chi connectivity index (χ3n) is 3.12. The fourth-order valence-corrected chi connectivity index (χ4v) is 2.28. The minimum atomic E-state index is 0.509. The van der Waals surface area contributed by atoms with Gasteiger partial charge in [0.25, 0.3) is 0 Å². The second kappa shape index (κ2) is 5.06. The zero-order chi connectivity index (χ0) is 15.0. The van der Waals surface area contributed by atoms with E-state index < -0.39 is 0 Å². The van der Waals surface area contributed by atoms with Gasteiger partial charge in [0.15, 0.2) is 5.82 Å². The second-order valence-electron chi connectivity index (χ2n) is 4.72. The number of halogens is 1. The number of hydrogen-bond acceptors (Lipinski definition) is 5. The van der Waals surface area contributed by atoms with Crippen LogP contribution in [-0.2, 0) is 0 Å². The van der Waals surface area contributed by atoms with E-state index in [0.29, 0.717) is 33.5 Å². The van der Waals surface area contributed by atoms with Gasteiger partial charge in [-0.2, -0.15) is 4.68 Å². The number of nitrogen functional groups attached to an aromatic ring is 2. The van der Waals surface area contributed by atoms with Crippen molar-refractivity contribution in [2.24, 2.45) is 0 Å². The highest BCUT2D eigenvalue weighted by atomic mass is 35.5. The molecule has 1 aromatic heterocycles. The van der Waals surface area contributed by atoms with Gasteiger partial charge in [0.2, 0.25) is 0 Å². The largest absolute Gasteiger partial charge is 0.399 e. The Morgan fingerprint density at radius 3 is 2.67 bits per heavy atom. The predicted octanol–water partition coefficient (Wildman–Crippen LogP) is 2.46. The van der Waals surface area contributed by atoms with Crippen molar-refractivity contribution in [2.75, 3.05) is 11.5 Å². The molecule has 7 heteroatoms. The molecule has 0 atom stereocenters. The number of nitrogens with two attached hydrogens (primary N) is 2. The summed E-state index contributed by atoms with van der Waals surface area (Å²) in [4.78, 5) is 0. The van der Waals surface area contributed by atoms with Crippen molar-refractivity contribution >= 4 is 23.0 Å². The average molecular weight is 301 g/mol. The maximum atomic E-state index is 6.24. The molecule has 4 N–H and O–H groups in total. The minimum Gasteiger partial charge on any atom is -0.399 e. The van der Waals surface area contributed by atoms with Gasteiger partial charge in [0, 0.05) is 16.9 Å². The van der Waals surface area contributed by atoms with E-state index in [1.54, 1.807) is 22.9 Å². The molecular formula is C14H13ClN6. The number of anilines is 2. The Morgan fingerprint density at radius 2 is 1.90 bits per heavy atom. The molecule has 3 rings (SSSR count). The highest BCUT2D eigenvalue weighted by molar-refractivity contribution is 6.32. The fraction of sp³-hybridized carbons (Fsp3) is 0.0714. The van der Waals surface area contributed by atoms with Crippen LogP contribution in [0.2, 0.25) is 5.02 Å². The van der Waals surface area contributed by atoms with Crippen LogP contribution in [0.4, 0.5) is 11.4 Å². The summed E-state index contributed by atoms with van der Waals surface area (Å²) in [5.41, 5.74) is 15.3. The zero-order valence-corrected chi connectivity index (χ0v) is 12.0. The molecule has 1 heterocycles. The van der Waals surface area contributed by atoms with Gasteiger partial charge < -0.3 is 11.5 Å². The summed E-state index contributed by atoms with van der Waals surface area (Å²) in [7, 11) is 0. The SMILES string of the molecule is Cc1ccc(Cl)c(-n2nnnc2-c2ccc(N)cc2N)c1. The summed E-state index contributed by atoms with van der Waals surface area (Å²) in [6, 6.07) is 10.9. The van der Waals surface area contributed by atoms with Crippen LogP contribution in [0.25, 0.3) is 17.1 Å². The summed E-state index contributed by atoms with van der Waals surface area (Å²) in [5, 5.41) is 12.3. The van der Waals surface area contributed by atoms with Gasteiger partial charge in [0.1, 0.15) is 0 Å². The molecule has 21 heavy (non-hydrogen) atoms. The Bertz CT molecular complexity index is 811. The topological polar surface area (TPSA) is 95.6 Å². The molecule has 0 aliphatic heterocycles. The van der Waals surface area contributed by atoms with E-state index in [2.05, 4.69) is 15.5 Å². The molecule has 0 saturated heterocycles. The number of hydrogen-bond donors (Lipinski definition) is 2. The van der Waals surface area contributed by atoms with Crippen LogP contribution in [0, 0.1) is 6.92 Å². The average Bonchev–Trinajstić information content (AvgIpc) is 2.90. The van der Waals surface area contributed by atoms with Crippen molar-refractivity contribution in [3.05, 3.63) is 47.0 Å². The van der Waals surface area contributed by atoms with Crippen LogP contribution in [0.5, 0.6) is 0 Å². The summed E-state index contributed by atoms with van der Waals surface area (Å²) in [6.45, 7) is 1.97. The number of rotatable bonds is 2. The lowest BCUT2D eigenvalue weighted by molar-refractivity contribution is 0.791. The van der Waals surface area contributed by atoms with Gasteiger partial charge in [-0.1, -0.05) is 17.7 Å². The normalized spacial score (nSPS) is 10.8. The van der Waals surface area contributed by atoms with Crippen LogP contribution in [0.1, 0.15) is 5.56 Å². The van der Waals surface area contributed by atoms with Crippen LogP contribution < -0.4 is 11.5 Å². The molecule has 0 aliphatic carbocycles. The molecule has 0 bridgehead atoms. The number of tetrazole rings is 1. The van der Waals surface area contributed by atoms with Crippen molar-refractivity contribution in [2.45, 2.75) is 6.92 Å². The van der Waals surface area contributed by atoms with E-state index in [0.717, 1.165) is 5.56 Å². The first-order valence-corrected chi connectivity index (χ1v) is 6.64. The van der Waals surface area contributed by atoms with E-state index >= 15 is 0 Å². The number of aryl methyl sites for hydroxylation is 1. The number of nitrogens with zero attached hydrogens (tertiary/aromatic N) is 4. The summed E-state index contributed by atoms with van der Waals surface area (Å²) >= 11 is 6.24. The van der Waals surface area contributed by atoms with Crippen molar-refractivity contribution < 1.29 is 0 Å². The molecular weight excluding hydrogens is 288 g/mol. The maximum Gasteiger partial charge on any atom is 0.189 e. The minimum absolute atomic E-state index is 0.509. The molecule has 6 nitrogen and oxygen atoms in total. The number of benzene rings is 2. The fourth-order valence-electron chi connectivity index (χ4n) is 2.09. The molecule has 3 aromatic rings. The van der Waals surface area contributed by atoms with Gasteiger partial charge in [0.05, 0.1) is 10.7 Å². The third-order valence-corrected chi connectivity index (χ3v) is 3.44. The quantitative estimate of drug-likeness (QED) is 0.709. The molecule has 0 aliphatic rings. The van der Waals surface area contributed by atoms with Crippen LogP contribution in [0.3, 0.4) is 0 Å². The van der Waals surface area contributed by atoms with Crippen molar-refractivity contribution in [3.8, 4) is 17.1 Å². The monoisotopic (exact) mass is 300 g/mol. The van der Waals surface area contributed by atoms with Crippen molar-refractivity contribution in [1.82, 2.24) is 20.2 Å². The van der Waals surface area contributed by atoms with E-state index in [1.807, 2.05) is 25.1 Å². The second-order valence-corrected chi connectivity index (χ2v) is 5.12. The Balaban J connectivity index is 2.19. The molecule has 2 aromatic carbocycles. The van der Waals surface area contributed by atoms with Crippen LogP contribution >= 0.6 is 11.6 Å². The first kappa shape index (κ1) is 13.4. The molecule has 0 saturated carbocycles. The lowest BCUT2D eigenvalue weighted by Crippen LogP contribution is -2.03. The first-order chi connectivity index (χ1) is 10.1. The Morgan fingerprint density at radius 1 is 1.10 bits per heavy atom. The number of aromatic nitrogens is 4. The zero-order valence-electron chi connectivity index (χ0n) is 11.3. The molecule has 0 fully saturated rings. The Kier molecular flexibility index (Phi) is 3.23. The van der Waals surface area contributed by atoms with E-state index in [-0.39, 0.29) is 0 Å². The maximum absolute atomic E-state index is 6.24. The lowest BCUT2D eigenvalue weighted by Gasteiger charge is -2.09. The van der Waals surface area contributed by atoms with Gasteiger partial charge in [-0.15, -0.1) is 5.10 Å². The van der Waals surface area contributed by atoms with Gasteiger partial charge in [-0.05, 0) is 53.2 Å². The van der Waals surface area contributed by atoms with E-state index in [4.69, 9.17) is 23.1 Å². The highest BCUT2D eigenvalue weighted by Gasteiger charge is 2.15. The molecule has 0 amide bonds. The molecule has 106 valence electrons. The standard InChI is InChI=1S/C14H13ClN6/c1-8-2-5-11(15)13(6-8)21-14(18-19-20-21)10-4-3-9(16)7-12(10)17/h2-7H,16-17H2,1H3. The predicted molar refractivity (Wildman–Crippen MR) is 83.2 cm³/mol. The highest BCUT2D eigenvalue weighted by Crippen LogP contribution is 2.29. The van der Waals surface area contributed by atoms with E-state index in [9.17, 15) is 0 Å². The van der Waals surface area contributed by atoms with Gasteiger partial charge >= 0.3 is 0 Å². The molecule has 0 radical (unpaired) electrons. The smallest absolute Gasteiger partial charge is 0.189 e. The van der Waals surface area contributed by atoms with Crippen molar-refractivity contribution in [3.63, 3.8) is 0 Å². The lowest BCUT2D eigenvalue weighted by atomic mass is 10.1.